The molecule has 0 saturated carbocycles. The lowest BCUT2D eigenvalue weighted by Gasteiger charge is -1.94. The predicted octanol–water partition coefficient (Wildman–Crippen LogP) is 0.903. The highest BCUT2D eigenvalue weighted by molar-refractivity contribution is 5.49. The topological polar surface area (TPSA) is 87.1 Å². The molecule has 0 aromatic carbocycles. The van der Waals surface area contributed by atoms with Gasteiger partial charge in [-0.1, -0.05) is 11.2 Å². The van der Waals surface area contributed by atoms with Crippen molar-refractivity contribution in [2.45, 2.75) is 6.42 Å². The van der Waals surface area contributed by atoms with Crippen molar-refractivity contribution >= 4 is 5.82 Å². The molecule has 6 heteroatoms. The van der Waals surface area contributed by atoms with Crippen molar-refractivity contribution in [1.29, 1.82) is 0 Å². The molecule has 16 heavy (non-hydrogen) atoms. The van der Waals surface area contributed by atoms with Gasteiger partial charge in [0.25, 0.3) is 5.89 Å². The van der Waals surface area contributed by atoms with Crippen molar-refractivity contribution in [3.8, 4) is 11.6 Å². The van der Waals surface area contributed by atoms with E-state index in [1.54, 1.807) is 25.3 Å². The highest BCUT2D eigenvalue weighted by Gasteiger charge is 2.09. The van der Waals surface area contributed by atoms with Crippen LogP contribution in [0, 0.1) is 0 Å². The number of pyridine rings is 1. The first-order chi connectivity index (χ1) is 7.79. The number of methoxy groups -OCH3 is 1. The number of nitrogens with zero attached hydrogens (tertiary/aromatic N) is 3. The quantitative estimate of drug-likeness (QED) is 0.823. The molecule has 0 spiro atoms. The van der Waals surface area contributed by atoms with Gasteiger partial charge < -0.3 is 15.0 Å². The summed E-state index contributed by atoms with van der Waals surface area (Å²) in [7, 11) is 1.63. The Labute approximate surface area is 92.4 Å². The van der Waals surface area contributed by atoms with E-state index < -0.39 is 0 Å². The van der Waals surface area contributed by atoms with Crippen LogP contribution in [0.4, 0.5) is 5.82 Å². The maximum absolute atomic E-state index is 5.56. The first-order valence-corrected chi connectivity index (χ1v) is 4.84. The zero-order valence-corrected chi connectivity index (χ0v) is 8.88. The summed E-state index contributed by atoms with van der Waals surface area (Å²) in [6.07, 6.45) is 0.613. The Kier molecular flexibility index (Phi) is 3.11. The molecule has 0 saturated heterocycles. The molecule has 0 radical (unpaired) electrons. The van der Waals surface area contributed by atoms with E-state index in [9.17, 15) is 0 Å². The van der Waals surface area contributed by atoms with Gasteiger partial charge in [-0.3, -0.25) is 0 Å². The third-order valence-electron chi connectivity index (χ3n) is 1.99. The molecule has 0 aliphatic heterocycles. The molecule has 2 rings (SSSR count). The lowest BCUT2D eigenvalue weighted by atomic mass is 10.3. The molecule has 0 bridgehead atoms. The minimum Gasteiger partial charge on any atom is -0.384 e. The van der Waals surface area contributed by atoms with Crippen molar-refractivity contribution in [2.75, 3.05) is 19.5 Å². The number of ether oxygens (including phenoxy) is 1. The second-order valence-electron chi connectivity index (χ2n) is 3.21. The van der Waals surface area contributed by atoms with E-state index in [0.29, 0.717) is 36.3 Å². The zero-order valence-electron chi connectivity index (χ0n) is 8.88. The number of hydrogen-bond acceptors (Lipinski definition) is 6. The van der Waals surface area contributed by atoms with Crippen LogP contribution in [0.15, 0.2) is 22.7 Å². The van der Waals surface area contributed by atoms with Crippen LogP contribution in [0.25, 0.3) is 11.6 Å². The number of aromatic nitrogens is 3. The van der Waals surface area contributed by atoms with Gasteiger partial charge in [-0.15, -0.1) is 0 Å². The fourth-order valence-corrected chi connectivity index (χ4v) is 1.22. The van der Waals surface area contributed by atoms with Gasteiger partial charge >= 0.3 is 0 Å². The molecule has 6 nitrogen and oxygen atoms in total. The number of anilines is 1. The second kappa shape index (κ2) is 4.71. The Morgan fingerprint density at radius 3 is 3.00 bits per heavy atom. The number of rotatable bonds is 4. The van der Waals surface area contributed by atoms with Crippen LogP contribution in [0.3, 0.4) is 0 Å². The molecule has 0 aliphatic carbocycles. The van der Waals surface area contributed by atoms with Crippen LogP contribution in [-0.4, -0.2) is 28.8 Å². The maximum atomic E-state index is 5.56. The van der Waals surface area contributed by atoms with Gasteiger partial charge in [0.05, 0.1) is 6.61 Å². The van der Waals surface area contributed by atoms with Crippen LogP contribution in [0.5, 0.6) is 0 Å². The van der Waals surface area contributed by atoms with E-state index >= 15 is 0 Å². The van der Waals surface area contributed by atoms with Crippen molar-refractivity contribution < 1.29 is 9.26 Å². The molecule has 2 aromatic rings. The van der Waals surface area contributed by atoms with E-state index in [0.717, 1.165) is 0 Å². The summed E-state index contributed by atoms with van der Waals surface area (Å²) in [6, 6.07) is 5.26. The number of nitrogen functional groups attached to an aromatic ring is 1. The van der Waals surface area contributed by atoms with Crippen LogP contribution in [0.1, 0.15) is 5.82 Å². The first-order valence-electron chi connectivity index (χ1n) is 4.84. The van der Waals surface area contributed by atoms with Crippen LogP contribution in [0.2, 0.25) is 0 Å². The first kappa shape index (κ1) is 10.6. The highest BCUT2D eigenvalue weighted by atomic mass is 16.5. The average molecular weight is 220 g/mol. The molecule has 0 amide bonds. The summed E-state index contributed by atoms with van der Waals surface area (Å²) in [6.45, 7) is 0.559. The Hall–Kier alpha value is -1.95. The largest absolute Gasteiger partial charge is 0.384 e. The maximum Gasteiger partial charge on any atom is 0.276 e. The monoisotopic (exact) mass is 220 g/mol. The normalized spacial score (nSPS) is 10.6. The molecule has 0 aliphatic rings. The second-order valence-corrected chi connectivity index (χ2v) is 3.21. The van der Waals surface area contributed by atoms with E-state index in [1.807, 2.05) is 0 Å². The SMILES string of the molecule is COCCc1noc(-c2cccc(N)n2)n1. The predicted molar refractivity (Wildman–Crippen MR) is 57.5 cm³/mol. The van der Waals surface area contributed by atoms with Crippen LogP contribution < -0.4 is 5.73 Å². The Bertz CT molecular complexity index is 469. The fourth-order valence-electron chi connectivity index (χ4n) is 1.22. The van der Waals surface area contributed by atoms with Crippen LogP contribution >= 0.6 is 0 Å². The Morgan fingerprint density at radius 2 is 2.25 bits per heavy atom. The van der Waals surface area contributed by atoms with Gasteiger partial charge in [0, 0.05) is 13.5 Å². The zero-order chi connectivity index (χ0) is 11.4. The molecule has 2 heterocycles. The molecule has 0 unspecified atom stereocenters. The number of hydrogen-bond donors (Lipinski definition) is 1. The summed E-state index contributed by atoms with van der Waals surface area (Å²) in [5, 5.41) is 3.81. The van der Waals surface area contributed by atoms with Gasteiger partial charge in [0.1, 0.15) is 11.5 Å². The summed E-state index contributed by atoms with van der Waals surface area (Å²) < 4.78 is 9.99. The van der Waals surface area contributed by atoms with E-state index in [-0.39, 0.29) is 0 Å². The van der Waals surface area contributed by atoms with Gasteiger partial charge in [0.15, 0.2) is 5.82 Å². The smallest absolute Gasteiger partial charge is 0.276 e. The Balaban J connectivity index is 2.18. The fraction of sp³-hybridized carbons (Fsp3) is 0.300. The van der Waals surface area contributed by atoms with Gasteiger partial charge in [-0.25, -0.2) is 4.98 Å². The number of nitrogens with two attached hydrogens (primary N) is 1. The summed E-state index contributed by atoms with van der Waals surface area (Å²) in [5.41, 5.74) is 6.14. The minimum atomic E-state index is 0.374. The average Bonchev–Trinajstić information content (AvgIpc) is 2.75. The van der Waals surface area contributed by atoms with Gasteiger partial charge in [0.2, 0.25) is 0 Å². The standard InChI is InChI=1S/C10H12N4O2/c1-15-6-5-9-13-10(16-14-9)7-3-2-4-8(11)12-7/h2-4H,5-6H2,1H3,(H2,11,12). The molecule has 0 atom stereocenters. The summed E-state index contributed by atoms with van der Waals surface area (Å²) in [5.74, 6) is 1.40. The van der Waals surface area contributed by atoms with Crippen molar-refractivity contribution in [3.05, 3.63) is 24.0 Å². The molecular formula is C10H12N4O2. The third-order valence-corrected chi connectivity index (χ3v) is 1.99. The van der Waals surface area contributed by atoms with Gasteiger partial charge in [-0.2, -0.15) is 4.98 Å². The van der Waals surface area contributed by atoms with Crippen LogP contribution in [-0.2, 0) is 11.2 Å². The van der Waals surface area contributed by atoms with Crippen molar-refractivity contribution in [3.63, 3.8) is 0 Å². The third kappa shape index (κ3) is 2.34. The molecular weight excluding hydrogens is 208 g/mol. The molecule has 2 N–H and O–H groups in total. The lowest BCUT2D eigenvalue weighted by Crippen LogP contribution is -1.96. The highest BCUT2D eigenvalue weighted by Crippen LogP contribution is 2.15. The summed E-state index contributed by atoms with van der Waals surface area (Å²) in [4.78, 5) is 8.27. The molecule has 2 aromatic heterocycles. The Morgan fingerprint density at radius 1 is 1.38 bits per heavy atom. The van der Waals surface area contributed by atoms with Gasteiger partial charge in [-0.05, 0) is 12.1 Å². The van der Waals surface area contributed by atoms with E-state index in [1.165, 1.54) is 0 Å². The van der Waals surface area contributed by atoms with E-state index in [2.05, 4.69) is 15.1 Å². The lowest BCUT2D eigenvalue weighted by molar-refractivity contribution is 0.199. The molecule has 0 fully saturated rings. The minimum absolute atomic E-state index is 0.374. The van der Waals surface area contributed by atoms with E-state index in [4.69, 9.17) is 15.0 Å². The molecule has 84 valence electrons. The van der Waals surface area contributed by atoms with Crippen molar-refractivity contribution in [1.82, 2.24) is 15.1 Å². The van der Waals surface area contributed by atoms with Crippen molar-refractivity contribution in [2.24, 2.45) is 0 Å². The summed E-state index contributed by atoms with van der Waals surface area (Å²) >= 11 is 0.